The molecule has 0 atom stereocenters. The zero-order valence-corrected chi connectivity index (χ0v) is 8.44. The number of rotatable bonds is 1. The van der Waals surface area contributed by atoms with Gasteiger partial charge in [0.1, 0.15) is 5.82 Å². The minimum absolute atomic E-state index is 0.198. The number of nitrogens with two attached hydrogens (primary N) is 2. The second kappa shape index (κ2) is 3.57. The molecule has 0 unspecified atom stereocenters. The monoisotopic (exact) mass is 200 g/mol. The average Bonchev–Trinajstić information content (AvgIpc) is 2.20. The highest BCUT2D eigenvalue weighted by Crippen LogP contribution is 2.23. The van der Waals surface area contributed by atoms with Crippen molar-refractivity contribution in [3.05, 3.63) is 36.0 Å². The second-order valence-corrected chi connectivity index (χ2v) is 3.39. The van der Waals surface area contributed by atoms with Gasteiger partial charge in [-0.3, -0.25) is 0 Å². The molecule has 2 aromatic rings. The first kappa shape index (κ1) is 9.45. The third kappa shape index (κ3) is 1.88. The summed E-state index contributed by atoms with van der Waals surface area (Å²) < 4.78 is 0. The van der Waals surface area contributed by atoms with Crippen LogP contribution in [0.5, 0.6) is 0 Å². The lowest BCUT2D eigenvalue weighted by Crippen LogP contribution is -2.00. The number of nitrogens with zero attached hydrogens (tertiary/aromatic N) is 2. The number of benzene rings is 1. The molecule has 0 radical (unpaired) electrons. The smallest absolute Gasteiger partial charge is 0.221 e. The molecule has 0 amide bonds. The number of hydrogen-bond donors (Lipinski definition) is 2. The van der Waals surface area contributed by atoms with E-state index < -0.39 is 0 Å². The molecule has 0 bridgehead atoms. The van der Waals surface area contributed by atoms with Crippen molar-refractivity contribution in [3.63, 3.8) is 0 Å². The minimum Gasteiger partial charge on any atom is -0.383 e. The normalized spacial score (nSPS) is 10.2. The summed E-state index contributed by atoms with van der Waals surface area (Å²) >= 11 is 0. The second-order valence-electron chi connectivity index (χ2n) is 3.39. The summed E-state index contributed by atoms with van der Waals surface area (Å²) in [5.41, 5.74) is 14.2. The molecule has 0 saturated heterocycles. The molecule has 0 aliphatic heterocycles. The summed E-state index contributed by atoms with van der Waals surface area (Å²) in [5, 5.41) is 0. The van der Waals surface area contributed by atoms with Gasteiger partial charge >= 0.3 is 0 Å². The highest BCUT2D eigenvalue weighted by atomic mass is 15.0. The van der Waals surface area contributed by atoms with E-state index in [-0.39, 0.29) is 5.95 Å². The molecule has 76 valence electrons. The van der Waals surface area contributed by atoms with Crippen LogP contribution in [-0.2, 0) is 0 Å². The van der Waals surface area contributed by atoms with E-state index >= 15 is 0 Å². The minimum atomic E-state index is 0.198. The quantitative estimate of drug-likeness (QED) is 0.733. The van der Waals surface area contributed by atoms with Gasteiger partial charge in [0.2, 0.25) is 5.95 Å². The van der Waals surface area contributed by atoms with Gasteiger partial charge in [-0.15, -0.1) is 0 Å². The molecule has 0 aliphatic rings. The maximum atomic E-state index is 5.76. The van der Waals surface area contributed by atoms with Gasteiger partial charge in [-0.05, 0) is 12.5 Å². The van der Waals surface area contributed by atoms with Crippen LogP contribution < -0.4 is 11.5 Å². The predicted molar refractivity (Wildman–Crippen MR) is 61.0 cm³/mol. The van der Waals surface area contributed by atoms with Crippen LogP contribution in [0.15, 0.2) is 30.5 Å². The molecule has 15 heavy (non-hydrogen) atoms. The standard InChI is InChI=1S/C11H12N4/c1-7-2-4-8(5-3-7)9-6-14-11(13)15-10(9)12/h2-6H,1H3,(H4,12,13,14,15). The molecule has 0 aliphatic carbocycles. The van der Waals surface area contributed by atoms with E-state index in [1.165, 1.54) is 5.56 Å². The van der Waals surface area contributed by atoms with Gasteiger partial charge in [-0.25, -0.2) is 4.98 Å². The molecule has 1 aromatic heterocycles. The van der Waals surface area contributed by atoms with Crippen molar-refractivity contribution in [2.75, 3.05) is 11.5 Å². The third-order valence-electron chi connectivity index (χ3n) is 2.20. The Morgan fingerprint density at radius 3 is 2.33 bits per heavy atom. The van der Waals surface area contributed by atoms with Crippen molar-refractivity contribution in [2.24, 2.45) is 0 Å². The molecular formula is C11H12N4. The third-order valence-corrected chi connectivity index (χ3v) is 2.20. The number of aromatic nitrogens is 2. The van der Waals surface area contributed by atoms with Gasteiger partial charge in [0.25, 0.3) is 0 Å². The molecule has 4 heteroatoms. The lowest BCUT2D eigenvalue weighted by atomic mass is 10.1. The van der Waals surface area contributed by atoms with Crippen molar-refractivity contribution in [2.45, 2.75) is 6.92 Å². The van der Waals surface area contributed by atoms with E-state index in [1.807, 2.05) is 31.2 Å². The predicted octanol–water partition coefficient (Wildman–Crippen LogP) is 1.62. The molecule has 4 nitrogen and oxygen atoms in total. The van der Waals surface area contributed by atoms with E-state index in [0.29, 0.717) is 5.82 Å². The largest absolute Gasteiger partial charge is 0.383 e. The summed E-state index contributed by atoms with van der Waals surface area (Å²) in [7, 11) is 0. The fourth-order valence-corrected chi connectivity index (χ4v) is 1.36. The molecule has 0 spiro atoms. The fourth-order valence-electron chi connectivity index (χ4n) is 1.36. The Kier molecular flexibility index (Phi) is 2.25. The average molecular weight is 200 g/mol. The Bertz CT molecular complexity index is 476. The molecule has 0 saturated carbocycles. The lowest BCUT2D eigenvalue weighted by Gasteiger charge is -2.05. The van der Waals surface area contributed by atoms with Crippen molar-refractivity contribution in [3.8, 4) is 11.1 Å². The number of nitrogen functional groups attached to an aromatic ring is 2. The fraction of sp³-hybridized carbons (Fsp3) is 0.0909. The van der Waals surface area contributed by atoms with Gasteiger partial charge in [-0.2, -0.15) is 4.98 Å². The Labute approximate surface area is 88.0 Å². The Morgan fingerprint density at radius 2 is 1.73 bits per heavy atom. The van der Waals surface area contributed by atoms with Gasteiger partial charge < -0.3 is 11.5 Å². The summed E-state index contributed by atoms with van der Waals surface area (Å²) in [4.78, 5) is 7.84. The van der Waals surface area contributed by atoms with E-state index in [1.54, 1.807) is 6.20 Å². The van der Waals surface area contributed by atoms with Crippen LogP contribution in [0.3, 0.4) is 0 Å². The molecule has 0 fully saturated rings. The first-order valence-electron chi connectivity index (χ1n) is 4.62. The van der Waals surface area contributed by atoms with Gasteiger partial charge in [0, 0.05) is 11.8 Å². The first-order valence-corrected chi connectivity index (χ1v) is 4.62. The van der Waals surface area contributed by atoms with Crippen LogP contribution in [0, 0.1) is 6.92 Å². The van der Waals surface area contributed by atoms with E-state index in [2.05, 4.69) is 9.97 Å². The first-order chi connectivity index (χ1) is 7.16. The highest BCUT2D eigenvalue weighted by molar-refractivity contribution is 5.73. The lowest BCUT2D eigenvalue weighted by molar-refractivity contribution is 1.20. The van der Waals surface area contributed by atoms with E-state index in [9.17, 15) is 0 Å². The Balaban J connectivity index is 2.49. The van der Waals surface area contributed by atoms with Crippen molar-refractivity contribution >= 4 is 11.8 Å². The summed E-state index contributed by atoms with van der Waals surface area (Å²) in [6, 6.07) is 8.01. The van der Waals surface area contributed by atoms with Crippen molar-refractivity contribution in [1.82, 2.24) is 9.97 Å². The molecule has 4 N–H and O–H groups in total. The van der Waals surface area contributed by atoms with Crippen molar-refractivity contribution < 1.29 is 0 Å². The van der Waals surface area contributed by atoms with Gasteiger partial charge in [0.05, 0.1) is 0 Å². The van der Waals surface area contributed by atoms with Crippen LogP contribution >= 0.6 is 0 Å². The van der Waals surface area contributed by atoms with Crippen LogP contribution in [0.2, 0.25) is 0 Å². The van der Waals surface area contributed by atoms with Crippen molar-refractivity contribution in [1.29, 1.82) is 0 Å². The molecule has 2 rings (SSSR count). The number of anilines is 2. The van der Waals surface area contributed by atoms with Crippen LogP contribution in [-0.4, -0.2) is 9.97 Å². The van der Waals surface area contributed by atoms with E-state index in [0.717, 1.165) is 11.1 Å². The Hall–Kier alpha value is -2.10. The maximum absolute atomic E-state index is 5.76. The van der Waals surface area contributed by atoms with E-state index in [4.69, 9.17) is 11.5 Å². The molecule has 1 heterocycles. The summed E-state index contributed by atoms with van der Waals surface area (Å²) in [6.07, 6.45) is 1.64. The van der Waals surface area contributed by atoms with Gasteiger partial charge in [-0.1, -0.05) is 29.8 Å². The van der Waals surface area contributed by atoms with Crippen LogP contribution in [0.1, 0.15) is 5.56 Å². The number of hydrogen-bond acceptors (Lipinski definition) is 4. The van der Waals surface area contributed by atoms with Gasteiger partial charge in [0.15, 0.2) is 0 Å². The van der Waals surface area contributed by atoms with Crippen LogP contribution in [0.4, 0.5) is 11.8 Å². The summed E-state index contributed by atoms with van der Waals surface area (Å²) in [6.45, 7) is 2.03. The SMILES string of the molecule is Cc1ccc(-c2cnc(N)nc2N)cc1. The highest BCUT2D eigenvalue weighted by Gasteiger charge is 2.04. The zero-order chi connectivity index (χ0) is 10.8. The summed E-state index contributed by atoms with van der Waals surface area (Å²) in [5.74, 6) is 0.606. The number of aryl methyl sites for hydroxylation is 1. The molecular weight excluding hydrogens is 188 g/mol. The topological polar surface area (TPSA) is 77.8 Å². The maximum Gasteiger partial charge on any atom is 0.221 e. The van der Waals surface area contributed by atoms with Crippen LogP contribution in [0.25, 0.3) is 11.1 Å². The molecule has 1 aromatic carbocycles. The Morgan fingerprint density at radius 1 is 1.07 bits per heavy atom. The zero-order valence-electron chi connectivity index (χ0n) is 8.44.